The summed E-state index contributed by atoms with van der Waals surface area (Å²) in [4.78, 5) is 30.9. The zero-order chi connectivity index (χ0) is 30.9. The van der Waals surface area contributed by atoms with Crippen molar-refractivity contribution in [3.05, 3.63) is 64.9 Å². The zero-order valence-corrected chi connectivity index (χ0v) is 25.1. The molecule has 2 aromatic heterocycles. The van der Waals surface area contributed by atoms with E-state index >= 15 is 0 Å². The summed E-state index contributed by atoms with van der Waals surface area (Å²) in [6.45, 7) is 4.75. The lowest BCUT2D eigenvalue weighted by molar-refractivity contribution is -0.0537. The number of carbonyl (C=O) groups is 2. The molecule has 2 amide bonds. The van der Waals surface area contributed by atoms with Gasteiger partial charge in [-0.3, -0.25) is 4.79 Å². The Morgan fingerprint density at radius 3 is 2.56 bits per heavy atom. The van der Waals surface area contributed by atoms with Crippen molar-refractivity contribution in [3.63, 3.8) is 0 Å². The first-order valence-electron chi connectivity index (χ1n) is 13.8. The maximum atomic E-state index is 13.7. The number of nitrogens with one attached hydrogen (secondary N) is 1. The molecule has 1 saturated carbocycles. The Balaban J connectivity index is 1.54. The van der Waals surface area contributed by atoms with Crippen LogP contribution in [0.3, 0.4) is 0 Å². The number of benzene rings is 2. The van der Waals surface area contributed by atoms with Crippen molar-refractivity contribution in [1.29, 1.82) is 0 Å². The molecule has 2 heterocycles. The molecule has 0 aliphatic heterocycles. The molecule has 1 aliphatic carbocycles. The summed E-state index contributed by atoms with van der Waals surface area (Å²) in [7, 11) is 0. The van der Waals surface area contributed by atoms with E-state index in [2.05, 4.69) is 15.0 Å². The second-order valence-electron chi connectivity index (χ2n) is 11.6. The molecule has 9 nitrogen and oxygen atoms in total. The van der Waals surface area contributed by atoms with Gasteiger partial charge in [-0.15, -0.1) is 11.3 Å². The number of nitrogens with zero attached hydrogens (tertiary/aromatic N) is 1. The number of thiazole rings is 1. The number of halogens is 2. The minimum Gasteiger partial charge on any atom is -0.489 e. The molecule has 5 rings (SSSR count). The quantitative estimate of drug-likeness (QED) is 0.183. The van der Waals surface area contributed by atoms with E-state index in [9.17, 15) is 18.4 Å². The van der Waals surface area contributed by atoms with Crippen LogP contribution in [0.15, 0.2) is 53.1 Å². The molecular formula is C31H33F2N3O6S. The van der Waals surface area contributed by atoms with Gasteiger partial charge in [0.1, 0.15) is 16.3 Å². The minimum absolute atomic E-state index is 0.0415. The minimum atomic E-state index is -3.03. The van der Waals surface area contributed by atoms with Crippen LogP contribution in [0.5, 0.6) is 11.5 Å². The average molecular weight is 614 g/mol. The summed E-state index contributed by atoms with van der Waals surface area (Å²) in [6.07, 6.45) is 2.60. The van der Waals surface area contributed by atoms with Gasteiger partial charge in [0, 0.05) is 28.5 Å². The average Bonchev–Trinajstić information content (AvgIpc) is 3.50. The molecule has 0 radical (unpaired) electrons. The van der Waals surface area contributed by atoms with Crippen LogP contribution in [0, 0.1) is 11.3 Å². The van der Waals surface area contributed by atoms with E-state index in [0.29, 0.717) is 33.6 Å². The number of aromatic nitrogens is 1. The summed E-state index contributed by atoms with van der Waals surface area (Å²) >= 11 is 1.14. The van der Waals surface area contributed by atoms with Crippen molar-refractivity contribution in [2.75, 3.05) is 6.61 Å². The summed E-state index contributed by atoms with van der Waals surface area (Å²) in [5, 5.41) is 4.15. The van der Waals surface area contributed by atoms with E-state index in [1.807, 2.05) is 45.0 Å². The summed E-state index contributed by atoms with van der Waals surface area (Å²) in [6, 6.07) is 12.0. The largest absolute Gasteiger partial charge is 0.489 e. The van der Waals surface area contributed by atoms with Crippen molar-refractivity contribution in [2.45, 2.75) is 59.3 Å². The maximum Gasteiger partial charge on any atom is 0.405 e. The fraction of sp³-hybridized carbons (Fsp3) is 0.387. The normalized spacial score (nSPS) is 14.9. The Bertz CT molecular complexity index is 1640. The lowest BCUT2D eigenvalue weighted by Crippen LogP contribution is -2.43. The van der Waals surface area contributed by atoms with Gasteiger partial charge in [0.05, 0.1) is 17.7 Å². The van der Waals surface area contributed by atoms with E-state index in [-0.39, 0.29) is 23.7 Å². The number of carbonyl (C=O) groups excluding carboxylic acids is 2. The molecule has 2 aromatic carbocycles. The Morgan fingerprint density at radius 2 is 1.88 bits per heavy atom. The SMILES string of the molecule is CC(C)(C)C(C)(OC(N)=O)c1sc(-c2ccc(OC(F)F)c(OCC3CC3)c2)nc1C(=O)NCc1coc2ccccc12. The van der Waals surface area contributed by atoms with Crippen molar-refractivity contribution < 1.29 is 37.0 Å². The van der Waals surface area contributed by atoms with Crippen LogP contribution < -0.4 is 20.5 Å². The molecule has 1 unspecified atom stereocenters. The number of hydrogen-bond donors (Lipinski definition) is 2. The van der Waals surface area contributed by atoms with E-state index in [4.69, 9.17) is 19.6 Å². The number of fused-ring (bicyclic) bond motifs is 1. The topological polar surface area (TPSA) is 126 Å². The predicted octanol–water partition coefficient (Wildman–Crippen LogP) is 7.23. The predicted molar refractivity (Wildman–Crippen MR) is 157 cm³/mol. The summed E-state index contributed by atoms with van der Waals surface area (Å²) in [5.74, 6) is -0.0888. The van der Waals surface area contributed by atoms with Crippen LogP contribution >= 0.6 is 11.3 Å². The molecule has 12 heteroatoms. The molecule has 1 aliphatic rings. The van der Waals surface area contributed by atoms with Crippen LogP contribution in [-0.2, 0) is 16.9 Å². The third-order valence-electron chi connectivity index (χ3n) is 7.59. The third-order valence-corrected chi connectivity index (χ3v) is 8.90. The van der Waals surface area contributed by atoms with Gasteiger partial charge in [-0.2, -0.15) is 8.78 Å². The van der Waals surface area contributed by atoms with Gasteiger partial charge in [-0.1, -0.05) is 39.0 Å². The molecule has 3 N–H and O–H groups in total. The van der Waals surface area contributed by atoms with E-state index in [1.54, 1.807) is 25.3 Å². The third kappa shape index (κ3) is 6.58. The van der Waals surface area contributed by atoms with Crippen molar-refractivity contribution in [1.82, 2.24) is 10.3 Å². The number of furan rings is 1. The Kier molecular flexibility index (Phi) is 8.33. The first kappa shape index (κ1) is 30.3. The maximum absolute atomic E-state index is 13.7. The Morgan fingerprint density at radius 1 is 1.14 bits per heavy atom. The standard InChI is InChI=1S/C31H33F2N3O6S/c1-30(2,3)31(4,42-29(34)38)25-24(26(37)35-14-19-16-40-21-8-6-5-7-20(19)21)36-27(43-25)18-11-12-22(41-28(32)33)23(13-18)39-15-17-9-10-17/h5-8,11-13,16-17,28H,9-10,14-15H2,1-4H3,(H2,34,38)(H,35,37). The number of alkyl halides is 2. The van der Waals surface area contributed by atoms with E-state index in [0.717, 1.165) is 35.1 Å². The number of amides is 2. The van der Waals surface area contributed by atoms with Gasteiger partial charge >= 0.3 is 12.7 Å². The highest BCUT2D eigenvalue weighted by atomic mass is 32.1. The van der Waals surface area contributed by atoms with Gasteiger partial charge in [0.2, 0.25) is 0 Å². The second kappa shape index (κ2) is 11.8. The number of ether oxygens (including phenoxy) is 3. The van der Waals surface area contributed by atoms with Gasteiger partial charge < -0.3 is 29.7 Å². The number of para-hydroxylation sites is 1. The van der Waals surface area contributed by atoms with E-state index in [1.165, 1.54) is 6.07 Å². The van der Waals surface area contributed by atoms with E-state index < -0.39 is 29.6 Å². The van der Waals surface area contributed by atoms with Gasteiger partial charge in [-0.05, 0) is 49.9 Å². The lowest BCUT2D eigenvalue weighted by Gasteiger charge is -2.40. The molecule has 1 atom stereocenters. The van der Waals surface area contributed by atoms with Crippen LogP contribution in [0.1, 0.15) is 61.5 Å². The Labute approximate surface area is 251 Å². The first-order valence-corrected chi connectivity index (χ1v) is 14.6. The summed E-state index contributed by atoms with van der Waals surface area (Å²) < 4.78 is 48.0. The molecule has 1 fully saturated rings. The van der Waals surface area contributed by atoms with Crippen LogP contribution in [0.4, 0.5) is 13.6 Å². The molecule has 0 bridgehead atoms. The molecule has 4 aromatic rings. The zero-order valence-electron chi connectivity index (χ0n) is 24.2. The highest BCUT2D eigenvalue weighted by Gasteiger charge is 2.47. The van der Waals surface area contributed by atoms with Crippen molar-refractivity contribution in [2.24, 2.45) is 17.1 Å². The van der Waals surface area contributed by atoms with Crippen molar-refractivity contribution in [3.8, 4) is 22.1 Å². The van der Waals surface area contributed by atoms with Crippen molar-refractivity contribution >= 4 is 34.3 Å². The number of rotatable bonds is 11. The molecule has 0 spiro atoms. The molecular weight excluding hydrogens is 580 g/mol. The lowest BCUT2D eigenvalue weighted by atomic mass is 9.76. The van der Waals surface area contributed by atoms with Gasteiger partial charge in [0.25, 0.3) is 5.91 Å². The highest BCUT2D eigenvalue weighted by molar-refractivity contribution is 7.15. The molecule has 228 valence electrons. The van der Waals surface area contributed by atoms with Crippen LogP contribution in [0.25, 0.3) is 21.5 Å². The van der Waals surface area contributed by atoms with Crippen LogP contribution in [0.2, 0.25) is 0 Å². The monoisotopic (exact) mass is 613 g/mol. The number of hydrogen-bond acceptors (Lipinski definition) is 8. The molecule has 0 saturated heterocycles. The summed E-state index contributed by atoms with van der Waals surface area (Å²) in [5.41, 5.74) is 5.44. The fourth-order valence-corrected chi connectivity index (χ4v) is 5.88. The molecule has 43 heavy (non-hydrogen) atoms. The highest BCUT2D eigenvalue weighted by Crippen LogP contribution is 2.48. The number of nitrogens with two attached hydrogens (primary N) is 1. The second-order valence-corrected chi connectivity index (χ2v) is 12.6. The van der Waals surface area contributed by atoms with Gasteiger partial charge in [0.15, 0.2) is 17.1 Å². The Hall–Kier alpha value is -4.19. The fourth-order valence-electron chi connectivity index (χ4n) is 4.53. The number of primary amides is 1. The first-order chi connectivity index (χ1) is 20.4. The van der Waals surface area contributed by atoms with Crippen LogP contribution in [-0.4, -0.2) is 30.2 Å². The van der Waals surface area contributed by atoms with Gasteiger partial charge in [-0.25, -0.2) is 9.78 Å². The smallest absolute Gasteiger partial charge is 0.405 e.